The van der Waals surface area contributed by atoms with E-state index in [0.717, 1.165) is 11.8 Å². The normalized spacial score (nSPS) is 14.0. The first kappa shape index (κ1) is 19.3. The zero-order valence-corrected chi connectivity index (χ0v) is 15.2. The van der Waals surface area contributed by atoms with E-state index in [1.807, 2.05) is 0 Å². The largest absolute Gasteiger partial charge is 0.0654 e. The van der Waals surface area contributed by atoms with Crippen LogP contribution in [0.3, 0.4) is 0 Å². The Kier molecular flexibility index (Phi) is 11.2. The maximum Gasteiger partial charge on any atom is -0.0128 e. The minimum atomic E-state index is 0.727. The van der Waals surface area contributed by atoms with E-state index in [1.165, 1.54) is 76.2 Å². The molecule has 0 bridgehead atoms. The Bertz CT molecular complexity index is 340. The van der Waals surface area contributed by atoms with E-state index in [9.17, 15) is 0 Å². The SMILES string of the molecule is CCCCCCCC(c1[c]cccc1)C(CC)CCCCC. The van der Waals surface area contributed by atoms with E-state index >= 15 is 0 Å². The van der Waals surface area contributed by atoms with Crippen LogP contribution in [-0.4, -0.2) is 0 Å². The van der Waals surface area contributed by atoms with Crippen molar-refractivity contribution in [2.75, 3.05) is 0 Å². The molecule has 22 heavy (non-hydrogen) atoms. The van der Waals surface area contributed by atoms with Gasteiger partial charge in [-0.05, 0) is 36.3 Å². The molecule has 0 spiro atoms. The van der Waals surface area contributed by atoms with Crippen molar-refractivity contribution < 1.29 is 0 Å². The van der Waals surface area contributed by atoms with Gasteiger partial charge in [-0.2, -0.15) is 0 Å². The van der Waals surface area contributed by atoms with E-state index in [4.69, 9.17) is 0 Å². The number of rotatable bonds is 13. The molecule has 0 nitrogen and oxygen atoms in total. The summed E-state index contributed by atoms with van der Waals surface area (Å²) in [6.45, 7) is 6.98. The molecule has 0 aliphatic rings. The average Bonchev–Trinajstić information content (AvgIpc) is 2.57. The molecule has 2 atom stereocenters. The highest BCUT2D eigenvalue weighted by atomic mass is 14.3. The van der Waals surface area contributed by atoms with Gasteiger partial charge in [-0.25, -0.2) is 0 Å². The Morgan fingerprint density at radius 1 is 0.818 bits per heavy atom. The lowest BCUT2D eigenvalue weighted by atomic mass is 9.78. The van der Waals surface area contributed by atoms with E-state index in [1.54, 1.807) is 0 Å². The van der Waals surface area contributed by atoms with Crippen LogP contribution in [0.2, 0.25) is 0 Å². The first-order valence-corrected chi connectivity index (χ1v) is 9.80. The van der Waals surface area contributed by atoms with Crippen molar-refractivity contribution in [2.24, 2.45) is 5.92 Å². The lowest BCUT2D eigenvalue weighted by Crippen LogP contribution is -2.13. The number of hydrogen-bond acceptors (Lipinski definition) is 0. The molecular weight excluding hydrogens is 264 g/mol. The molecule has 0 aromatic heterocycles. The van der Waals surface area contributed by atoms with Crippen LogP contribution in [0.4, 0.5) is 0 Å². The third-order valence-corrected chi connectivity index (χ3v) is 5.02. The molecule has 0 heteroatoms. The minimum absolute atomic E-state index is 0.727. The highest BCUT2D eigenvalue weighted by molar-refractivity contribution is 5.18. The molecule has 1 aromatic rings. The van der Waals surface area contributed by atoms with Crippen LogP contribution in [-0.2, 0) is 0 Å². The summed E-state index contributed by atoms with van der Waals surface area (Å²) in [6, 6.07) is 12.2. The molecule has 0 N–H and O–H groups in total. The van der Waals surface area contributed by atoms with E-state index in [-0.39, 0.29) is 0 Å². The van der Waals surface area contributed by atoms with Gasteiger partial charge in [-0.15, -0.1) is 0 Å². The highest BCUT2D eigenvalue weighted by Gasteiger charge is 2.21. The third kappa shape index (κ3) is 7.47. The van der Waals surface area contributed by atoms with E-state index < -0.39 is 0 Å². The average molecular weight is 302 g/mol. The molecule has 0 aliphatic carbocycles. The minimum Gasteiger partial charge on any atom is -0.0654 e. The maximum atomic E-state index is 3.53. The van der Waals surface area contributed by atoms with Crippen LogP contribution in [0.25, 0.3) is 0 Å². The first-order chi connectivity index (χ1) is 10.8. The van der Waals surface area contributed by atoms with Gasteiger partial charge in [-0.3, -0.25) is 0 Å². The molecule has 0 aliphatic heterocycles. The van der Waals surface area contributed by atoms with Crippen LogP contribution in [0.15, 0.2) is 24.3 Å². The predicted octanol–water partition coefficient (Wildman–Crippen LogP) is 7.54. The van der Waals surface area contributed by atoms with E-state index in [2.05, 4.69) is 51.1 Å². The second-order valence-electron chi connectivity index (χ2n) is 6.79. The fraction of sp³-hybridized carbons (Fsp3) is 0.727. The fourth-order valence-electron chi connectivity index (χ4n) is 3.60. The topological polar surface area (TPSA) is 0 Å². The van der Waals surface area contributed by atoms with Gasteiger partial charge in [0.15, 0.2) is 0 Å². The van der Waals surface area contributed by atoms with Crippen molar-refractivity contribution in [3.05, 3.63) is 35.9 Å². The van der Waals surface area contributed by atoms with Crippen molar-refractivity contribution in [3.63, 3.8) is 0 Å². The van der Waals surface area contributed by atoms with Gasteiger partial charge in [0.1, 0.15) is 0 Å². The van der Waals surface area contributed by atoms with Gasteiger partial charge in [0.2, 0.25) is 0 Å². The summed E-state index contributed by atoms with van der Waals surface area (Å²) in [5.41, 5.74) is 1.46. The Morgan fingerprint density at radius 3 is 2.14 bits per heavy atom. The number of benzene rings is 1. The summed E-state index contributed by atoms with van der Waals surface area (Å²) in [6.07, 6.45) is 15.1. The molecule has 0 amide bonds. The van der Waals surface area contributed by atoms with E-state index in [0.29, 0.717) is 0 Å². The van der Waals surface area contributed by atoms with Gasteiger partial charge < -0.3 is 0 Å². The Balaban J connectivity index is 2.59. The molecule has 2 unspecified atom stereocenters. The molecule has 0 saturated carbocycles. The summed E-state index contributed by atoms with van der Waals surface area (Å²) in [5.74, 6) is 1.57. The number of hydrogen-bond donors (Lipinski definition) is 0. The van der Waals surface area contributed by atoms with Crippen molar-refractivity contribution in [1.82, 2.24) is 0 Å². The summed E-state index contributed by atoms with van der Waals surface area (Å²) in [7, 11) is 0. The van der Waals surface area contributed by atoms with Gasteiger partial charge in [0.25, 0.3) is 0 Å². The fourth-order valence-corrected chi connectivity index (χ4v) is 3.60. The smallest absolute Gasteiger partial charge is 0.0128 e. The third-order valence-electron chi connectivity index (χ3n) is 5.02. The van der Waals surface area contributed by atoms with Crippen molar-refractivity contribution in [1.29, 1.82) is 0 Å². The zero-order chi connectivity index (χ0) is 16.0. The van der Waals surface area contributed by atoms with Gasteiger partial charge >= 0.3 is 0 Å². The van der Waals surface area contributed by atoms with Crippen molar-refractivity contribution >= 4 is 0 Å². The molecule has 1 aromatic carbocycles. The molecular formula is C22H37. The van der Waals surface area contributed by atoms with Crippen LogP contribution < -0.4 is 0 Å². The Hall–Kier alpha value is -0.780. The van der Waals surface area contributed by atoms with Crippen molar-refractivity contribution in [2.45, 2.75) is 97.3 Å². The summed E-state index contributed by atoms with van der Waals surface area (Å²) in [4.78, 5) is 0. The summed E-state index contributed by atoms with van der Waals surface area (Å²) in [5, 5.41) is 0. The lowest BCUT2D eigenvalue weighted by Gasteiger charge is -2.27. The monoisotopic (exact) mass is 301 g/mol. The quantitative estimate of drug-likeness (QED) is 0.330. The van der Waals surface area contributed by atoms with Gasteiger partial charge in [-0.1, -0.05) is 103 Å². The van der Waals surface area contributed by atoms with Crippen molar-refractivity contribution in [3.8, 4) is 0 Å². The molecule has 1 rings (SSSR count). The second-order valence-corrected chi connectivity index (χ2v) is 6.79. The summed E-state index contributed by atoms with van der Waals surface area (Å²) >= 11 is 0. The number of unbranched alkanes of at least 4 members (excludes halogenated alkanes) is 6. The zero-order valence-electron chi connectivity index (χ0n) is 15.2. The van der Waals surface area contributed by atoms with Crippen LogP contribution in [0, 0.1) is 12.0 Å². The predicted molar refractivity (Wildman–Crippen MR) is 99.3 cm³/mol. The molecule has 0 fully saturated rings. The summed E-state index contributed by atoms with van der Waals surface area (Å²) < 4.78 is 0. The standard InChI is InChI=1S/C22H37/c1-4-7-9-10-15-19-22(21-17-13-11-14-18-21)20(6-3)16-12-8-5-2/h11,13-14,17,20,22H,4-10,12,15-16,19H2,1-3H3. The van der Waals surface area contributed by atoms with Gasteiger partial charge in [0, 0.05) is 0 Å². The molecule has 1 radical (unpaired) electrons. The van der Waals surface area contributed by atoms with Crippen LogP contribution >= 0.6 is 0 Å². The molecule has 0 heterocycles. The first-order valence-electron chi connectivity index (χ1n) is 9.80. The molecule has 0 saturated heterocycles. The van der Waals surface area contributed by atoms with Crippen LogP contribution in [0.1, 0.15) is 103 Å². The van der Waals surface area contributed by atoms with Crippen LogP contribution in [0.5, 0.6) is 0 Å². The Morgan fingerprint density at radius 2 is 1.50 bits per heavy atom. The highest BCUT2D eigenvalue weighted by Crippen LogP contribution is 2.35. The second kappa shape index (κ2) is 12.7. The lowest BCUT2D eigenvalue weighted by molar-refractivity contribution is 0.344. The molecule has 125 valence electrons. The Labute approximate surface area is 139 Å². The maximum absolute atomic E-state index is 3.53. The van der Waals surface area contributed by atoms with Gasteiger partial charge in [0.05, 0.1) is 0 Å².